The third kappa shape index (κ3) is 3.96. The summed E-state index contributed by atoms with van der Waals surface area (Å²) in [7, 11) is 2.17. The molecule has 2 aliphatic rings. The predicted molar refractivity (Wildman–Crippen MR) is 125 cm³/mol. The molecule has 1 atom stereocenters. The number of rotatable bonds is 5. The number of nitrogens with zero attached hydrogens (tertiary/aromatic N) is 3. The highest BCUT2D eigenvalue weighted by molar-refractivity contribution is 6.03. The minimum atomic E-state index is -0.456. The molecule has 0 aliphatic carbocycles. The van der Waals surface area contributed by atoms with Gasteiger partial charge in [-0.3, -0.25) is 4.79 Å². The third-order valence-electron chi connectivity index (χ3n) is 6.62. The molecule has 0 radical (unpaired) electrons. The lowest BCUT2D eigenvalue weighted by Gasteiger charge is -2.37. The maximum Gasteiger partial charge on any atom is 0.254 e. The van der Waals surface area contributed by atoms with Crippen LogP contribution in [0.1, 0.15) is 35.7 Å². The molecule has 1 amide bonds. The second kappa shape index (κ2) is 8.67. The van der Waals surface area contributed by atoms with Crippen molar-refractivity contribution >= 4 is 11.7 Å². The number of hydrogen-bond acceptors (Lipinski definition) is 5. The van der Waals surface area contributed by atoms with Crippen molar-refractivity contribution in [3.8, 4) is 22.8 Å². The van der Waals surface area contributed by atoms with Crippen molar-refractivity contribution in [1.29, 1.82) is 0 Å². The number of anilines is 1. The van der Waals surface area contributed by atoms with E-state index in [1.807, 2.05) is 59.3 Å². The van der Waals surface area contributed by atoms with E-state index < -0.39 is 5.91 Å². The number of ether oxygens (including phenoxy) is 1. The quantitative estimate of drug-likeness (QED) is 0.634. The minimum Gasteiger partial charge on any atom is -0.457 e. The zero-order valence-electron chi connectivity index (χ0n) is 18.3. The Morgan fingerprint density at radius 3 is 2.41 bits per heavy atom. The number of carbonyl (C=O) groups excluding carboxylic acids is 1. The van der Waals surface area contributed by atoms with E-state index in [0.717, 1.165) is 61.8 Å². The van der Waals surface area contributed by atoms with Gasteiger partial charge in [-0.05, 0) is 81.7 Å². The van der Waals surface area contributed by atoms with Crippen molar-refractivity contribution in [3.63, 3.8) is 0 Å². The van der Waals surface area contributed by atoms with Crippen LogP contribution >= 0.6 is 0 Å². The van der Waals surface area contributed by atoms with Gasteiger partial charge in [0.25, 0.3) is 5.91 Å². The Balaban J connectivity index is 1.46. The second-order valence-electron chi connectivity index (χ2n) is 8.74. The molecule has 0 spiro atoms. The van der Waals surface area contributed by atoms with Crippen molar-refractivity contribution in [3.05, 3.63) is 60.2 Å². The van der Waals surface area contributed by atoms with Crippen LogP contribution in [0.25, 0.3) is 11.3 Å². The lowest BCUT2D eigenvalue weighted by molar-refractivity contribution is 0.100. The summed E-state index contributed by atoms with van der Waals surface area (Å²) in [4.78, 5) is 14.8. The van der Waals surface area contributed by atoms with Gasteiger partial charge in [-0.2, -0.15) is 5.10 Å². The van der Waals surface area contributed by atoms with E-state index in [1.54, 1.807) is 0 Å². The first-order chi connectivity index (χ1) is 15.6. The molecule has 0 saturated carbocycles. The molecule has 3 N–H and O–H groups in total. The smallest absolute Gasteiger partial charge is 0.254 e. The fraction of sp³-hybridized carbons (Fsp3) is 0.360. The van der Waals surface area contributed by atoms with Crippen LogP contribution in [0, 0.1) is 5.92 Å². The largest absolute Gasteiger partial charge is 0.457 e. The normalized spacial score (nSPS) is 19.2. The summed E-state index contributed by atoms with van der Waals surface area (Å²) in [5, 5.41) is 8.32. The molecule has 7 nitrogen and oxygen atoms in total. The molecule has 1 aromatic heterocycles. The molecule has 1 unspecified atom stereocenters. The van der Waals surface area contributed by atoms with Crippen LogP contribution < -0.4 is 15.8 Å². The van der Waals surface area contributed by atoms with Gasteiger partial charge in [0.2, 0.25) is 0 Å². The zero-order valence-corrected chi connectivity index (χ0v) is 18.3. The standard InChI is InChI=1S/C25H29N5O2/c1-29-15-12-17(13-16-29)21-11-14-27-25-22(24(26)31)23(28-30(21)25)18-7-9-20(10-8-18)32-19-5-3-2-4-6-19/h2-10,17,21,27H,11-16H2,1H3,(H2,26,31). The van der Waals surface area contributed by atoms with Crippen molar-refractivity contribution in [2.24, 2.45) is 11.7 Å². The number of aromatic nitrogens is 2. The molecular formula is C25H29N5O2. The van der Waals surface area contributed by atoms with Gasteiger partial charge in [0.1, 0.15) is 28.6 Å². The third-order valence-corrected chi connectivity index (χ3v) is 6.62. The number of fused-ring (bicyclic) bond motifs is 1. The van der Waals surface area contributed by atoms with Gasteiger partial charge in [0, 0.05) is 12.1 Å². The number of primary amides is 1. The van der Waals surface area contributed by atoms with Gasteiger partial charge >= 0.3 is 0 Å². The van der Waals surface area contributed by atoms with Crippen molar-refractivity contribution < 1.29 is 9.53 Å². The number of para-hydroxylation sites is 1. The highest BCUT2D eigenvalue weighted by atomic mass is 16.5. The molecule has 2 aliphatic heterocycles. The summed E-state index contributed by atoms with van der Waals surface area (Å²) in [6.45, 7) is 3.03. The Morgan fingerprint density at radius 2 is 1.72 bits per heavy atom. The van der Waals surface area contributed by atoms with E-state index in [-0.39, 0.29) is 6.04 Å². The summed E-state index contributed by atoms with van der Waals surface area (Å²) >= 11 is 0. The van der Waals surface area contributed by atoms with Gasteiger partial charge < -0.3 is 20.7 Å². The average molecular weight is 432 g/mol. The molecule has 1 fully saturated rings. The molecule has 7 heteroatoms. The molecular weight excluding hydrogens is 402 g/mol. The number of carbonyl (C=O) groups is 1. The average Bonchev–Trinajstić information content (AvgIpc) is 3.21. The maximum atomic E-state index is 12.5. The van der Waals surface area contributed by atoms with Crippen LogP contribution in [0.2, 0.25) is 0 Å². The van der Waals surface area contributed by atoms with E-state index in [0.29, 0.717) is 17.2 Å². The summed E-state index contributed by atoms with van der Waals surface area (Å²) in [6, 6.07) is 17.6. The van der Waals surface area contributed by atoms with Crippen LogP contribution in [0.3, 0.4) is 0 Å². The number of nitrogens with two attached hydrogens (primary N) is 1. The first kappa shape index (κ1) is 20.6. The van der Waals surface area contributed by atoms with E-state index >= 15 is 0 Å². The fourth-order valence-corrected chi connectivity index (χ4v) is 4.89. The van der Waals surface area contributed by atoms with Crippen LogP contribution in [0.4, 0.5) is 5.82 Å². The fourth-order valence-electron chi connectivity index (χ4n) is 4.89. The van der Waals surface area contributed by atoms with Gasteiger partial charge in [-0.25, -0.2) is 4.68 Å². The summed E-state index contributed by atoms with van der Waals surface area (Å²) in [6.07, 6.45) is 3.30. The second-order valence-corrected chi connectivity index (χ2v) is 8.74. The van der Waals surface area contributed by atoms with Crippen molar-refractivity contribution in [1.82, 2.24) is 14.7 Å². The number of piperidine rings is 1. The molecule has 3 aromatic rings. The van der Waals surface area contributed by atoms with Crippen molar-refractivity contribution in [2.45, 2.75) is 25.3 Å². The first-order valence-electron chi connectivity index (χ1n) is 11.3. The monoisotopic (exact) mass is 431 g/mol. The molecule has 32 heavy (non-hydrogen) atoms. The van der Waals surface area contributed by atoms with Gasteiger partial charge in [-0.15, -0.1) is 0 Å². The summed E-state index contributed by atoms with van der Waals surface area (Å²) in [5.41, 5.74) is 7.79. The molecule has 3 heterocycles. The Hall–Kier alpha value is -3.32. The summed E-state index contributed by atoms with van der Waals surface area (Å²) in [5.74, 6) is 2.37. The molecule has 5 rings (SSSR count). The van der Waals surface area contributed by atoms with E-state index in [4.69, 9.17) is 15.6 Å². The Kier molecular flexibility index (Phi) is 5.57. The number of nitrogens with one attached hydrogen (secondary N) is 1. The van der Waals surface area contributed by atoms with E-state index in [2.05, 4.69) is 17.3 Å². The van der Waals surface area contributed by atoms with Gasteiger partial charge in [0.15, 0.2) is 0 Å². The number of likely N-dealkylation sites (tertiary alicyclic amines) is 1. The van der Waals surface area contributed by atoms with E-state index in [1.165, 1.54) is 0 Å². The van der Waals surface area contributed by atoms with Crippen LogP contribution in [-0.4, -0.2) is 47.3 Å². The van der Waals surface area contributed by atoms with E-state index in [9.17, 15) is 4.79 Å². The molecule has 166 valence electrons. The Labute approximate surface area is 188 Å². The van der Waals surface area contributed by atoms with Gasteiger partial charge in [0.05, 0.1) is 6.04 Å². The van der Waals surface area contributed by atoms with Crippen LogP contribution in [0.15, 0.2) is 54.6 Å². The maximum absolute atomic E-state index is 12.5. The summed E-state index contributed by atoms with van der Waals surface area (Å²) < 4.78 is 7.93. The molecule has 2 aromatic carbocycles. The van der Waals surface area contributed by atoms with Crippen LogP contribution in [-0.2, 0) is 0 Å². The first-order valence-corrected chi connectivity index (χ1v) is 11.3. The Morgan fingerprint density at radius 1 is 1.03 bits per heavy atom. The highest BCUT2D eigenvalue weighted by Gasteiger charge is 2.34. The zero-order chi connectivity index (χ0) is 22.1. The minimum absolute atomic E-state index is 0.285. The topological polar surface area (TPSA) is 85.4 Å². The lowest BCUT2D eigenvalue weighted by atomic mass is 9.87. The number of benzene rings is 2. The SMILES string of the molecule is CN1CCC(C2CCNc3c(C(N)=O)c(-c4ccc(Oc5ccccc5)cc4)nn32)CC1. The van der Waals surface area contributed by atoms with Crippen LogP contribution in [0.5, 0.6) is 11.5 Å². The predicted octanol–water partition coefficient (Wildman–Crippen LogP) is 4.14. The van der Waals surface area contributed by atoms with Gasteiger partial charge in [-0.1, -0.05) is 18.2 Å². The highest BCUT2D eigenvalue weighted by Crippen LogP contribution is 2.40. The number of hydrogen-bond donors (Lipinski definition) is 2. The Bertz CT molecular complexity index is 1090. The molecule has 1 saturated heterocycles. The van der Waals surface area contributed by atoms with Crippen molar-refractivity contribution in [2.75, 3.05) is 32.0 Å². The lowest BCUT2D eigenvalue weighted by Crippen LogP contribution is -2.37. The molecule has 0 bridgehead atoms. The number of amides is 1.